The molecule has 2 heterocycles. The molecular formula is C18H20N2O5S. The van der Waals surface area contributed by atoms with Crippen LogP contribution in [-0.4, -0.2) is 49.4 Å². The Balaban J connectivity index is 1.72. The van der Waals surface area contributed by atoms with Crippen molar-refractivity contribution in [1.29, 1.82) is 0 Å². The number of nitrogens with one attached hydrogen (secondary N) is 2. The standard InChI is InChI=1S/C18H20N2O5S/c1-18(7-8-26(23,24)11-18)20-16(21)13-5-3-12(4-6-13)14-9-15(19-10-14)17(22)25-2/h3-6,9-10,19H,7-8,11H2,1-2H3,(H,20,21)/t18-/m0/s1. The molecule has 0 bridgehead atoms. The first-order valence-electron chi connectivity index (χ1n) is 8.11. The van der Waals surface area contributed by atoms with Gasteiger partial charge in [0.05, 0.1) is 24.2 Å². The van der Waals surface area contributed by atoms with E-state index in [0.717, 1.165) is 11.1 Å². The first kappa shape index (κ1) is 18.2. The van der Waals surface area contributed by atoms with E-state index in [-0.39, 0.29) is 17.4 Å². The van der Waals surface area contributed by atoms with Crippen LogP contribution >= 0.6 is 0 Å². The van der Waals surface area contributed by atoms with Crippen LogP contribution < -0.4 is 5.32 Å². The van der Waals surface area contributed by atoms with Gasteiger partial charge in [-0.05, 0) is 42.7 Å². The molecule has 1 fully saturated rings. The van der Waals surface area contributed by atoms with Gasteiger partial charge in [0, 0.05) is 11.8 Å². The average molecular weight is 376 g/mol. The van der Waals surface area contributed by atoms with E-state index in [1.165, 1.54) is 7.11 Å². The van der Waals surface area contributed by atoms with Crippen LogP contribution in [0.1, 0.15) is 34.2 Å². The molecule has 0 aliphatic carbocycles. The van der Waals surface area contributed by atoms with Crippen LogP contribution in [0.2, 0.25) is 0 Å². The Hall–Kier alpha value is -2.61. The maximum Gasteiger partial charge on any atom is 0.354 e. The molecule has 1 amide bonds. The molecule has 1 aliphatic rings. The molecule has 3 rings (SSSR count). The minimum atomic E-state index is -3.09. The Morgan fingerprint density at radius 3 is 2.46 bits per heavy atom. The summed E-state index contributed by atoms with van der Waals surface area (Å²) < 4.78 is 28.0. The summed E-state index contributed by atoms with van der Waals surface area (Å²) in [4.78, 5) is 26.8. The molecule has 2 N–H and O–H groups in total. The smallest absolute Gasteiger partial charge is 0.354 e. The SMILES string of the molecule is COC(=O)c1cc(-c2ccc(C(=O)N[C@@]3(C)CCS(=O)(=O)C3)cc2)c[nH]1. The minimum absolute atomic E-state index is 0.0382. The molecule has 8 heteroatoms. The number of H-pyrrole nitrogens is 1. The number of carbonyl (C=O) groups excluding carboxylic acids is 2. The van der Waals surface area contributed by atoms with E-state index >= 15 is 0 Å². The molecule has 138 valence electrons. The number of methoxy groups -OCH3 is 1. The highest BCUT2D eigenvalue weighted by atomic mass is 32.2. The van der Waals surface area contributed by atoms with Gasteiger partial charge in [-0.2, -0.15) is 0 Å². The van der Waals surface area contributed by atoms with E-state index in [0.29, 0.717) is 17.7 Å². The van der Waals surface area contributed by atoms with Crippen molar-refractivity contribution in [1.82, 2.24) is 10.3 Å². The van der Waals surface area contributed by atoms with Crippen LogP contribution in [0.3, 0.4) is 0 Å². The minimum Gasteiger partial charge on any atom is -0.464 e. The molecule has 0 radical (unpaired) electrons. The molecular weight excluding hydrogens is 356 g/mol. The molecule has 0 saturated carbocycles. The Morgan fingerprint density at radius 2 is 1.88 bits per heavy atom. The molecule has 1 aromatic carbocycles. The molecule has 26 heavy (non-hydrogen) atoms. The van der Waals surface area contributed by atoms with Crippen molar-refractivity contribution in [2.75, 3.05) is 18.6 Å². The number of benzene rings is 1. The predicted molar refractivity (Wildman–Crippen MR) is 96.7 cm³/mol. The predicted octanol–water partition coefficient (Wildman–Crippen LogP) is 1.78. The maximum absolute atomic E-state index is 12.4. The fourth-order valence-corrected chi connectivity index (χ4v) is 5.15. The normalized spacial score (nSPS) is 21.3. The molecule has 1 atom stereocenters. The number of aromatic nitrogens is 1. The third-order valence-electron chi connectivity index (χ3n) is 4.49. The zero-order valence-electron chi connectivity index (χ0n) is 14.5. The first-order valence-corrected chi connectivity index (χ1v) is 9.94. The highest BCUT2D eigenvalue weighted by Crippen LogP contribution is 2.24. The lowest BCUT2D eigenvalue weighted by Gasteiger charge is -2.23. The average Bonchev–Trinajstić information content (AvgIpc) is 3.19. The Labute approximate surface area is 151 Å². The van der Waals surface area contributed by atoms with Gasteiger partial charge in [0.15, 0.2) is 9.84 Å². The van der Waals surface area contributed by atoms with Crippen molar-refractivity contribution < 1.29 is 22.7 Å². The first-order chi connectivity index (χ1) is 12.2. The van der Waals surface area contributed by atoms with Gasteiger partial charge in [-0.1, -0.05) is 12.1 Å². The number of carbonyl (C=O) groups is 2. The van der Waals surface area contributed by atoms with Crippen molar-refractivity contribution in [2.45, 2.75) is 18.9 Å². The van der Waals surface area contributed by atoms with E-state index in [9.17, 15) is 18.0 Å². The second-order valence-corrected chi connectivity index (χ2v) is 8.91. The molecule has 0 unspecified atom stereocenters. The third-order valence-corrected chi connectivity index (χ3v) is 6.39. The summed E-state index contributed by atoms with van der Waals surface area (Å²) >= 11 is 0. The number of ether oxygens (including phenoxy) is 1. The van der Waals surface area contributed by atoms with Crippen LogP contribution in [0.15, 0.2) is 36.5 Å². The van der Waals surface area contributed by atoms with Gasteiger partial charge >= 0.3 is 5.97 Å². The van der Waals surface area contributed by atoms with E-state index < -0.39 is 21.3 Å². The van der Waals surface area contributed by atoms with Crippen LogP contribution in [0.5, 0.6) is 0 Å². The van der Waals surface area contributed by atoms with Crippen LogP contribution in [0.25, 0.3) is 11.1 Å². The van der Waals surface area contributed by atoms with Gasteiger partial charge in [0.2, 0.25) is 0 Å². The van der Waals surface area contributed by atoms with Gasteiger partial charge in [0.1, 0.15) is 5.69 Å². The number of aromatic amines is 1. The molecule has 1 aliphatic heterocycles. The second kappa shape index (κ2) is 6.60. The lowest BCUT2D eigenvalue weighted by Crippen LogP contribution is -2.46. The highest BCUT2D eigenvalue weighted by Gasteiger charge is 2.39. The Bertz CT molecular complexity index is 946. The molecule has 1 saturated heterocycles. The van der Waals surface area contributed by atoms with Crippen molar-refractivity contribution in [3.63, 3.8) is 0 Å². The molecule has 0 spiro atoms. The van der Waals surface area contributed by atoms with Crippen LogP contribution in [0.4, 0.5) is 0 Å². The zero-order chi connectivity index (χ0) is 18.9. The number of amides is 1. The lowest BCUT2D eigenvalue weighted by molar-refractivity contribution is 0.0594. The molecule has 1 aromatic heterocycles. The number of rotatable bonds is 4. The number of hydrogen-bond acceptors (Lipinski definition) is 5. The summed E-state index contributed by atoms with van der Waals surface area (Å²) in [6, 6.07) is 8.55. The Kier molecular flexibility index (Phi) is 4.62. The summed E-state index contributed by atoms with van der Waals surface area (Å²) in [5.41, 5.74) is 1.70. The van der Waals surface area contributed by atoms with Gasteiger partial charge in [0.25, 0.3) is 5.91 Å². The fourth-order valence-electron chi connectivity index (χ4n) is 3.06. The van der Waals surface area contributed by atoms with Gasteiger partial charge in [-0.15, -0.1) is 0 Å². The number of sulfone groups is 1. The van der Waals surface area contributed by atoms with E-state index in [2.05, 4.69) is 15.0 Å². The van der Waals surface area contributed by atoms with E-state index in [1.807, 2.05) is 0 Å². The summed E-state index contributed by atoms with van der Waals surface area (Å²) in [6.07, 6.45) is 2.10. The highest BCUT2D eigenvalue weighted by molar-refractivity contribution is 7.91. The summed E-state index contributed by atoms with van der Waals surface area (Å²) in [5, 5.41) is 2.83. The summed E-state index contributed by atoms with van der Waals surface area (Å²) in [5.74, 6) is -0.699. The molecule has 2 aromatic rings. The topological polar surface area (TPSA) is 105 Å². The second-order valence-electron chi connectivity index (χ2n) is 6.73. The van der Waals surface area contributed by atoms with Gasteiger partial charge in [-0.25, -0.2) is 13.2 Å². The van der Waals surface area contributed by atoms with Gasteiger partial charge in [-0.3, -0.25) is 4.79 Å². The van der Waals surface area contributed by atoms with Crippen LogP contribution in [-0.2, 0) is 14.6 Å². The monoisotopic (exact) mass is 376 g/mol. The van der Waals surface area contributed by atoms with Crippen molar-refractivity contribution in [2.24, 2.45) is 0 Å². The number of hydrogen-bond donors (Lipinski definition) is 2. The quantitative estimate of drug-likeness (QED) is 0.791. The molecule has 7 nitrogen and oxygen atoms in total. The van der Waals surface area contributed by atoms with E-state index in [4.69, 9.17) is 0 Å². The van der Waals surface area contributed by atoms with Crippen molar-refractivity contribution in [3.05, 3.63) is 47.8 Å². The number of esters is 1. The van der Waals surface area contributed by atoms with Crippen molar-refractivity contribution in [3.8, 4) is 11.1 Å². The van der Waals surface area contributed by atoms with Crippen molar-refractivity contribution >= 4 is 21.7 Å². The summed E-state index contributed by atoms with van der Waals surface area (Å²) in [6.45, 7) is 1.75. The fraction of sp³-hybridized carbons (Fsp3) is 0.333. The van der Waals surface area contributed by atoms with Crippen LogP contribution in [0, 0.1) is 0 Å². The zero-order valence-corrected chi connectivity index (χ0v) is 15.4. The van der Waals surface area contributed by atoms with E-state index in [1.54, 1.807) is 43.5 Å². The maximum atomic E-state index is 12.4. The van der Waals surface area contributed by atoms with Gasteiger partial charge < -0.3 is 15.0 Å². The largest absolute Gasteiger partial charge is 0.464 e. The third kappa shape index (κ3) is 3.80. The summed E-state index contributed by atoms with van der Waals surface area (Å²) in [7, 11) is -1.78. The lowest BCUT2D eigenvalue weighted by atomic mass is 10.0. The Morgan fingerprint density at radius 1 is 1.19 bits per heavy atom.